The van der Waals surface area contributed by atoms with Gasteiger partial charge in [0, 0.05) is 19.1 Å². The lowest BCUT2D eigenvalue weighted by Gasteiger charge is -2.39. The third-order valence-corrected chi connectivity index (χ3v) is 4.73. The number of rotatable bonds is 5. The van der Waals surface area contributed by atoms with E-state index in [0.29, 0.717) is 6.04 Å². The molecule has 2 fully saturated rings. The van der Waals surface area contributed by atoms with Crippen LogP contribution in [0.15, 0.2) is 0 Å². The van der Waals surface area contributed by atoms with Crippen LogP contribution in [0, 0.1) is 5.92 Å². The molecule has 4 heteroatoms. The second-order valence-electron chi connectivity index (χ2n) is 6.37. The monoisotopic (exact) mass is 268 g/mol. The highest BCUT2D eigenvalue weighted by Crippen LogP contribution is 2.26. The quantitative estimate of drug-likeness (QED) is 0.829. The molecule has 19 heavy (non-hydrogen) atoms. The Balaban J connectivity index is 1.77. The van der Waals surface area contributed by atoms with Crippen molar-refractivity contribution < 1.29 is 9.90 Å². The minimum Gasteiger partial charge on any atom is -0.480 e. The van der Waals surface area contributed by atoms with Gasteiger partial charge < -0.3 is 10.0 Å². The zero-order valence-electron chi connectivity index (χ0n) is 12.2. The van der Waals surface area contributed by atoms with Crippen LogP contribution < -0.4 is 0 Å². The van der Waals surface area contributed by atoms with E-state index in [0.717, 1.165) is 18.9 Å². The maximum Gasteiger partial charge on any atom is 0.317 e. The highest BCUT2D eigenvalue weighted by Gasteiger charge is 2.26. The van der Waals surface area contributed by atoms with Crippen molar-refractivity contribution in [1.82, 2.24) is 9.80 Å². The number of hydrogen-bond acceptors (Lipinski definition) is 3. The maximum atomic E-state index is 10.8. The molecule has 4 nitrogen and oxygen atoms in total. The summed E-state index contributed by atoms with van der Waals surface area (Å²) in [6.45, 7) is 3.66. The van der Waals surface area contributed by atoms with Crippen LogP contribution >= 0.6 is 0 Å². The summed E-state index contributed by atoms with van der Waals surface area (Å²) >= 11 is 0. The van der Waals surface area contributed by atoms with E-state index in [2.05, 4.69) is 4.90 Å². The van der Waals surface area contributed by atoms with Gasteiger partial charge in [-0.3, -0.25) is 9.69 Å². The number of carboxylic acid groups (broad SMARTS) is 1. The molecule has 1 aliphatic heterocycles. The Hall–Kier alpha value is -0.610. The van der Waals surface area contributed by atoms with Crippen molar-refractivity contribution in [3.63, 3.8) is 0 Å². The van der Waals surface area contributed by atoms with Crippen molar-refractivity contribution in [2.75, 3.05) is 33.2 Å². The molecule has 1 unspecified atom stereocenters. The fraction of sp³-hybridized carbons (Fsp3) is 0.933. The van der Waals surface area contributed by atoms with E-state index in [-0.39, 0.29) is 6.54 Å². The fourth-order valence-electron chi connectivity index (χ4n) is 3.63. The predicted molar refractivity (Wildman–Crippen MR) is 76.3 cm³/mol. The summed E-state index contributed by atoms with van der Waals surface area (Å²) in [5, 5.41) is 8.89. The van der Waals surface area contributed by atoms with Gasteiger partial charge in [0.15, 0.2) is 0 Å². The highest BCUT2D eigenvalue weighted by molar-refractivity contribution is 5.69. The van der Waals surface area contributed by atoms with Crippen molar-refractivity contribution in [2.45, 2.75) is 51.0 Å². The van der Waals surface area contributed by atoms with Crippen molar-refractivity contribution in [2.24, 2.45) is 5.92 Å². The minimum atomic E-state index is -0.716. The molecule has 0 bridgehead atoms. The van der Waals surface area contributed by atoms with Crippen LogP contribution in [-0.2, 0) is 4.79 Å². The number of likely N-dealkylation sites (tertiary alicyclic amines) is 1. The molecule has 1 N–H and O–H groups in total. The van der Waals surface area contributed by atoms with Gasteiger partial charge >= 0.3 is 5.97 Å². The lowest BCUT2D eigenvalue weighted by atomic mass is 9.88. The number of nitrogens with zero attached hydrogens (tertiary/aromatic N) is 2. The van der Waals surface area contributed by atoms with E-state index in [1.54, 1.807) is 0 Å². The first-order valence-corrected chi connectivity index (χ1v) is 7.79. The molecule has 0 spiro atoms. The van der Waals surface area contributed by atoms with E-state index in [1.165, 1.54) is 51.6 Å². The van der Waals surface area contributed by atoms with Crippen molar-refractivity contribution in [1.29, 1.82) is 0 Å². The first-order valence-electron chi connectivity index (χ1n) is 7.79. The van der Waals surface area contributed by atoms with Gasteiger partial charge in [0.05, 0.1) is 6.54 Å². The number of carboxylic acids is 1. The molecule has 0 aromatic rings. The molecule has 1 atom stereocenters. The van der Waals surface area contributed by atoms with E-state index in [4.69, 9.17) is 5.11 Å². The number of piperidine rings is 1. The van der Waals surface area contributed by atoms with Crippen LogP contribution in [0.25, 0.3) is 0 Å². The Morgan fingerprint density at radius 1 is 1.21 bits per heavy atom. The minimum absolute atomic E-state index is 0.169. The summed E-state index contributed by atoms with van der Waals surface area (Å²) in [6.07, 6.45) is 9.37. The molecule has 2 rings (SSSR count). The van der Waals surface area contributed by atoms with Gasteiger partial charge in [0.25, 0.3) is 0 Å². The molecule has 1 heterocycles. The zero-order valence-corrected chi connectivity index (χ0v) is 12.2. The summed E-state index contributed by atoms with van der Waals surface area (Å²) in [4.78, 5) is 15.4. The fourth-order valence-corrected chi connectivity index (χ4v) is 3.63. The van der Waals surface area contributed by atoms with Gasteiger partial charge in [-0.25, -0.2) is 0 Å². The largest absolute Gasteiger partial charge is 0.480 e. The van der Waals surface area contributed by atoms with Gasteiger partial charge in [0.1, 0.15) is 0 Å². The molecule has 0 aromatic heterocycles. The Kier molecular flexibility index (Phi) is 5.64. The Morgan fingerprint density at radius 3 is 2.63 bits per heavy atom. The zero-order chi connectivity index (χ0) is 13.7. The average molecular weight is 268 g/mol. The highest BCUT2D eigenvalue weighted by atomic mass is 16.4. The average Bonchev–Trinajstić information content (AvgIpc) is 2.39. The van der Waals surface area contributed by atoms with Gasteiger partial charge in [0.2, 0.25) is 0 Å². The van der Waals surface area contributed by atoms with Gasteiger partial charge in [-0.1, -0.05) is 19.3 Å². The Bertz CT molecular complexity index is 290. The van der Waals surface area contributed by atoms with Crippen LogP contribution in [0.4, 0.5) is 0 Å². The molecular weight excluding hydrogens is 240 g/mol. The lowest BCUT2D eigenvalue weighted by Crippen LogP contribution is -2.49. The molecule has 1 aliphatic carbocycles. The molecule has 0 aromatic carbocycles. The van der Waals surface area contributed by atoms with Crippen LogP contribution in [0.2, 0.25) is 0 Å². The van der Waals surface area contributed by atoms with E-state index in [9.17, 15) is 4.79 Å². The maximum absolute atomic E-state index is 10.8. The molecular formula is C15H28N2O2. The molecule has 1 saturated carbocycles. The van der Waals surface area contributed by atoms with Crippen molar-refractivity contribution in [3.05, 3.63) is 0 Å². The second kappa shape index (κ2) is 7.25. The molecule has 0 radical (unpaired) electrons. The molecule has 2 aliphatic rings. The molecule has 110 valence electrons. The van der Waals surface area contributed by atoms with Crippen LogP contribution in [-0.4, -0.2) is 60.1 Å². The van der Waals surface area contributed by atoms with E-state index >= 15 is 0 Å². The number of likely N-dealkylation sites (N-methyl/N-ethyl adjacent to an activating group) is 1. The van der Waals surface area contributed by atoms with Crippen molar-refractivity contribution >= 4 is 5.97 Å². The van der Waals surface area contributed by atoms with Gasteiger partial charge in [-0.05, 0) is 45.2 Å². The summed E-state index contributed by atoms with van der Waals surface area (Å²) in [5.41, 5.74) is 0. The Labute approximate surface area is 116 Å². The van der Waals surface area contributed by atoms with E-state index < -0.39 is 5.97 Å². The van der Waals surface area contributed by atoms with Crippen molar-refractivity contribution in [3.8, 4) is 0 Å². The Morgan fingerprint density at radius 2 is 1.95 bits per heavy atom. The summed E-state index contributed by atoms with van der Waals surface area (Å²) in [6, 6.07) is 0.424. The summed E-state index contributed by atoms with van der Waals surface area (Å²) < 4.78 is 0. The number of aliphatic carboxylic acids is 1. The second-order valence-corrected chi connectivity index (χ2v) is 6.37. The summed E-state index contributed by atoms with van der Waals surface area (Å²) in [7, 11) is 1.95. The first-order chi connectivity index (χ1) is 9.15. The summed E-state index contributed by atoms with van der Waals surface area (Å²) in [5.74, 6) is 0.171. The first kappa shape index (κ1) is 14.8. The SMILES string of the molecule is CN(CC(=O)O)C1CCCN(CC2CCCCC2)C1. The lowest BCUT2D eigenvalue weighted by molar-refractivity contribution is -0.138. The third kappa shape index (κ3) is 4.77. The predicted octanol–water partition coefficient (Wildman–Crippen LogP) is 2.05. The van der Waals surface area contributed by atoms with Crippen LogP contribution in [0.1, 0.15) is 44.9 Å². The topological polar surface area (TPSA) is 43.8 Å². The van der Waals surface area contributed by atoms with Gasteiger partial charge in [-0.2, -0.15) is 0 Å². The molecule has 1 saturated heterocycles. The standard InChI is InChI=1S/C15H28N2O2/c1-16(12-15(18)19)14-8-5-9-17(11-14)10-13-6-3-2-4-7-13/h13-14H,2-12H2,1H3,(H,18,19). The number of carbonyl (C=O) groups is 1. The normalized spacial score (nSPS) is 26.7. The third-order valence-electron chi connectivity index (χ3n) is 4.73. The smallest absolute Gasteiger partial charge is 0.317 e. The van der Waals surface area contributed by atoms with Gasteiger partial charge in [-0.15, -0.1) is 0 Å². The molecule has 0 amide bonds. The number of hydrogen-bond donors (Lipinski definition) is 1. The van der Waals surface area contributed by atoms with E-state index in [1.807, 2.05) is 11.9 Å². The van der Waals surface area contributed by atoms with Crippen LogP contribution in [0.3, 0.4) is 0 Å². The van der Waals surface area contributed by atoms with Crippen LogP contribution in [0.5, 0.6) is 0 Å².